The van der Waals surface area contributed by atoms with Gasteiger partial charge in [0, 0.05) is 6.04 Å². The molecule has 18 heavy (non-hydrogen) atoms. The third-order valence-electron chi connectivity index (χ3n) is 2.79. The highest BCUT2D eigenvalue weighted by Gasteiger charge is 2.02. The zero-order valence-corrected chi connectivity index (χ0v) is 11.8. The molecule has 0 aliphatic heterocycles. The fraction of sp³-hybridized carbons (Fsp3) is 0.500. The average molecular weight is 247 g/mol. The predicted octanol–water partition coefficient (Wildman–Crippen LogP) is 3.57. The summed E-state index contributed by atoms with van der Waals surface area (Å²) in [6, 6.07) is 8.92. The van der Waals surface area contributed by atoms with Crippen LogP contribution >= 0.6 is 0 Å². The van der Waals surface area contributed by atoms with Crippen molar-refractivity contribution in [3.8, 4) is 5.75 Å². The second-order valence-corrected chi connectivity index (χ2v) is 4.58. The zero-order valence-electron chi connectivity index (χ0n) is 11.8. The van der Waals surface area contributed by atoms with Crippen LogP contribution in [0.15, 0.2) is 36.4 Å². The molecule has 0 fully saturated rings. The topological polar surface area (TPSA) is 21.3 Å². The maximum atomic E-state index is 5.57. The highest BCUT2D eigenvalue weighted by atomic mass is 16.5. The van der Waals surface area contributed by atoms with E-state index in [0.717, 1.165) is 18.7 Å². The molecule has 0 spiro atoms. The van der Waals surface area contributed by atoms with Gasteiger partial charge in [-0.25, -0.2) is 0 Å². The molecule has 0 aliphatic rings. The first-order valence-electron chi connectivity index (χ1n) is 6.82. The summed E-state index contributed by atoms with van der Waals surface area (Å²) >= 11 is 0. The largest absolute Gasteiger partial charge is 0.490 e. The summed E-state index contributed by atoms with van der Waals surface area (Å²) in [7, 11) is 0. The van der Waals surface area contributed by atoms with Gasteiger partial charge in [-0.2, -0.15) is 0 Å². The van der Waals surface area contributed by atoms with Crippen LogP contribution in [0, 0.1) is 0 Å². The van der Waals surface area contributed by atoms with Crippen LogP contribution in [0.1, 0.15) is 32.8 Å². The van der Waals surface area contributed by atoms with E-state index in [4.69, 9.17) is 4.74 Å². The number of ether oxygens (including phenoxy) is 1. The summed E-state index contributed by atoms with van der Waals surface area (Å²) in [6.45, 7) is 8.15. The van der Waals surface area contributed by atoms with Gasteiger partial charge in [0.1, 0.15) is 12.4 Å². The molecule has 0 saturated heterocycles. The molecule has 1 unspecified atom stereocenters. The fourth-order valence-electron chi connectivity index (χ4n) is 1.78. The molecule has 2 heteroatoms. The van der Waals surface area contributed by atoms with E-state index in [1.165, 1.54) is 12.0 Å². The van der Waals surface area contributed by atoms with Gasteiger partial charge in [0.05, 0.1) is 0 Å². The van der Waals surface area contributed by atoms with Crippen LogP contribution in [0.3, 0.4) is 0 Å². The Kier molecular flexibility index (Phi) is 7.19. The van der Waals surface area contributed by atoms with Gasteiger partial charge in [0.15, 0.2) is 0 Å². The second kappa shape index (κ2) is 8.76. The van der Waals surface area contributed by atoms with Crippen LogP contribution in [0.5, 0.6) is 5.75 Å². The fourth-order valence-corrected chi connectivity index (χ4v) is 1.78. The van der Waals surface area contributed by atoms with E-state index in [9.17, 15) is 0 Å². The first-order valence-corrected chi connectivity index (χ1v) is 6.82. The molecule has 100 valence electrons. The van der Waals surface area contributed by atoms with Gasteiger partial charge < -0.3 is 10.1 Å². The van der Waals surface area contributed by atoms with Crippen molar-refractivity contribution in [3.05, 3.63) is 42.0 Å². The Morgan fingerprint density at radius 3 is 2.61 bits per heavy atom. The molecule has 1 aromatic carbocycles. The molecule has 0 radical (unpaired) electrons. The number of hydrogen-bond donors (Lipinski definition) is 1. The minimum atomic E-state index is 0.528. The monoisotopic (exact) mass is 247 g/mol. The van der Waals surface area contributed by atoms with E-state index < -0.39 is 0 Å². The standard InChI is InChI=1S/C16H25NO/c1-4-6-12-18-16-9-7-15(8-10-16)13-14(3)17-11-5-2/h4,6-10,14,17H,5,11-13H2,1-3H3/b6-4+. The van der Waals surface area contributed by atoms with Gasteiger partial charge in [0.25, 0.3) is 0 Å². The van der Waals surface area contributed by atoms with Gasteiger partial charge in [-0.15, -0.1) is 0 Å². The van der Waals surface area contributed by atoms with Gasteiger partial charge in [-0.05, 0) is 50.9 Å². The lowest BCUT2D eigenvalue weighted by Gasteiger charge is -2.13. The molecule has 2 nitrogen and oxygen atoms in total. The summed E-state index contributed by atoms with van der Waals surface area (Å²) in [5.74, 6) is 0.936. The molecule has 1 aromatic rings. The molecule has 0 heterocycles. The zero-order chi connectivity index (χ0) is 13.2. The van der Waals surface area contributed by atoms with Crippen LogP contribution in [0.2, 0.25) is 0 Å². The number of rotatable bonds is 8. The van der Waals surface area contributed by atoms with Gasteiger partial charge >= 0.3 is 0 Å². The van der Waals surface area contributed by atoms with Gasteiger partial charge in [-0.3, -0.25) is 0 Å². The molecule has 0 aromatic heterocycles. The highest BCUT2D eigenvalue weighted by molar-refractivity contribution is 5.27. The maximum Gasteiger partial charge on any atom is 0.119 e. The number of benzene rings is 1. The third kappa shape index (κ3) is 5.87. The summed E-state index contributed by atoms with van der Waals surface area (Å²) in [4.78, 5) is 0. The molecule has 0 aliphatic carbocycles. The van der Waals surface area contributed by atoms with E-state index in [2.05, 4.69) is 31.3 Å². The lowest BCUT2D eigenvalue weighted by molar-refractivity contribution is 0.362. The van der Waals surface area contributed by atoms with Crippen molar-refractivity contribution in [1.29, 1.82) is 0 Å². The summed E-state index contributed by atoms with van der Waals surface area (Å²) in [5, 5.41) is 3.50. The quantitative estimate of drug-likeness (QED) is 0.709. The van der Waals surface area contributed by atoms with Crippen LogP contribution in [-0.4, -0.2) is 19.2 Å². The average Bonchev–Trinajstić information content (AvgIpc) is 2.39. The van der Waals surface area contributed by atoms with Crippen molar-refractivity contribution in [3.63, 3.8) is 0 Å². The van der Waals surface area contributed by atoms with Crippen molar-refractivity contribution < 1.29 is 4.74 Å². The minimum absolute atomic E-state index is 0.528. The van der Waals surface area contributed by atoms with E-state index in [0.29, 0.717) is 12.6 Å². The number of hydrogen-bond acceptors (Lipinski definition) is 2. The maximum absolute atomic E-state index is 5.57. The van der Waals surface area contributed by atoms with Crippen LogP contribution in [0.4, 0.5) is 0 Å². The Morgan fingerprint density at radius 2 is 2.00 bits per heavy atom. The number of nitrogens with one attached hydrogen (secondary N) is 1. The Morgan fingerprint density at radius 1 is 1.28 bits per heavy atom. The van der Waals surface area contributed by atoms with E-state index in [-0.39, 0.29) is 0 Å². The van der Waals surface area contributed by atoms with E-state index >= 15 is 0 Å². The molecule has 1 atom stereocenters. The highest BCUT2D eigenvalue weighted by Crippen LogP contribution is 2.13. The van der Waals surface area contributed by atoms with Crippen molar-refractivity contribution in [1.82, 2.24) is 5.32 Å². The normalized spacial score (nSPS) is 12.8. The Balaban J connectivity index is 2.39. The SMILES string of the molecule is C/C=C/COc1ccc(CC(C)NCCC)cc1. The van der Waals surface area contributed by atoms with Crippen molar-refractivity contribution >= 4 is 0 Å². The molecular weight excluding hydrogens is 222 g/mol. The molecule has 0 amide bonds. The van der Waals surface area contributed by atoms with Crippen molar-refractivity contribution in [2.75, 3.05) is 13.2 Å². The van der Waals surface area contributed by atoms with E-state index in [1.54, 1.807) is 0 Å². The first-order chi connectivity index (χ1) is 8.76. The molecule has 0 saturated carbocycles. The van der Waals surface area contributed by atoms with Gasteiger partial charge in [0.2, 0.25) is 0 Å². The van der Waals surface area contributed by atoms with Crippen LogP contribution in [-0.2, 0) is 6.42 Å². The second-order valence-electron chi connectivity index (χ2n) is 4.58. The molecule has 0 bridgehead atoms. The molecular formula is C16H25NO. The Bertz CT molecular complexity index is 343. The predicted molar refractivity (Wildman–Crippen MR) is 78.2 cm³/mol. The van der Waals surface area contributed by atoms with Crippen LogP contribution in [0.25, 0.3) is 0 Å². The van der Waals surface area contributed by atoms with E-state index in [1.807, 2.05) is 31.2 Å². The van der Waals surface area contributed by atoms with Gasteiger partial charge in [-0.1, -0.05) is 31.2 Å². The minimum Gasteiger partial charge on any atom is -0.490 e. The van der Waals surface area contributed by atoms with Crippen molar-refractivity contribution in [2.45, 2.75) is 39.7 Å². The third-order valence-corrected chi connectivity index (χ3v) is 2.79. The van der Waals surface area contributed by atoms with Crippen LogP contribution < -0.4 is 10.1 Å². The summed E-state index contributed by atoms with van der Waals surface area (Å²) in [5.41, 5.74) is 1.35. The summed E-state index contributed by atoms with van der Waals surface area (Å²) in [6.07, 6.45) is 6.25. The molecule has 1 rings (SSSR count). The Hall–Kier alpha value is -1.28. The Labute approximate surface area is 111 Å². The first kappa shape index (κ1) is 14.8. The smallest absolute Gasteiger partial charge is 0.119 e. The summed E-state index contributed by atoms with van der Waals surface area (Å²) < 4.78 is 5.57. The lowest BCUT2D eigenvalue weighted by atomic mass is 10.1. The lowest BCUT2D eigenvalue weighted by Crippen LogP contribution is -2.28. The van der Waals surface area contributed by atoms with Crippen molar-refractivity contribution in [2.24, 2.45) is 0 Å². The number of allylic oxidation sites excluding steroid dienone is 1. The molecule has 1 N–H and O–H groups in total.